The highest BCUT2D eigenvalue weighted by molar-refractivity contribution is 9.10. The van der Waals surface area contributed by atoms with Crippen LogP contribution in [-0.4, -0.2) is 41.1 Å². The molecule has 0 fully saturated rings. The Labute approximate surface area is 235 Å². The van der Waals surface area contributed by atoms with Crippen LogP contribution in [0.15, 0.2) is 83.5 Å². The predicted molar refractivity (Wildman–Crippen MR) is 158 cm³/mol. The minimum Gasteiger partial charge on any atom is -0.383 e. The molecule has 2 amide bonds. The Kier molecular flexibility index (Phi) is 9.00. The number of aliphatic hydroxyl groups is 1. The Morgan fingerprint density at radius 3 is 2.36 bits per heavy atom. The maximum Gasteiger partial charge on any atom is 0.269 e. The number of nitrogen functional groups attached to an aromatic ring is 1. The highest BCUT2D eigenvalue weighted by atomic mass is 79.9. The van der Waals surface area contributed by atoms with Crippen LogP contribution in [0, 0.1) is 0 Å². The average molecular weight is 592 g/mol. The zero-order valence-corrected chi connectivity index (χ0v) is 23.3. The van der Waals surface area contributed by atoms with Gasteiger partial charge in [-0.05, 0) is 85.5 Å². The van der Waals surface area contributed by atoms with Crippen LogP contribution in [0.5, 0.6) is 0 Å². The number of carbonyl (C=O) groups is 2. The van der Waals surface area contributed by atoms with Gasteiger partial charge in [0.15, 0.2) is 6.10 Å². The summed E-state index contributed by atoms with van der Waals surface area (Å²) >= 11 is 3.40. The Morgan fingerprint density at radius 2 is 1.69 bits per heavy atom. The number of fused-ring (bicyclic) bond motifs is 1. The zero-order valence-electron chi connectivity index (χ0n) is 21.7. The summed E-state index contributed by atoms with van der Waals surface area (Å²) in [6, 6.07) is 20.4. The number of pyridine rings is 1. The van der Waals surface area contributed by atoms with Crippen molar-refractivity contribution in [1.82, 2.24) is 15.7 Å². The summed E-state index contributed by atoms with van der Waals surface area (Å²) in [5.41, 5.74) is 13.9. The maximum absolute atomic E-state index is 13.2. The molecule has 0 aliphatic carbocycles. The first-order valence-corrected chi connectivity index (χ1v) is 13.4. The van der Waals surface area contributed by atoms with Crippen molar-refractivity contribution in [2.24, 2.45) is 0 Å². The zero-order chi connectivity index (χ0) is 27.9. The molecule has 2 unspecified atom stereocenters. The second-order valence-corrected chi connectivity index (χ2v) is 9.83. The van der Waals surface area contributed by atoms with E-state index in [0.29, 0.717) is 22.6 Å². The number of nitrogens with zero attached hydrogens (tertiary/aromatic N) is 2. The van der Waals surface area contributed by atoms with Gasteiger partial charge in [0.25, 0.3) is 11.8 Å². The van der Waals surface area contributed by atoms with Crippen molar-refractivity contribution in [1.29, 1.82) is 0 Å². The first kappa shape index (κ1) is 27.9. The van der Waals surface area contributed by atoms with Crippen LogP contribution in [0.2, 0.25) is 0 Å². The average Bonchev–Trinajstić information content (AvgIpc) is 2.96. The molecule has 9 nitrogen and oxygen atoms in total. The number of aliphatic hydroxyl groups excluding tert-OH is 1. The number of aromatic nitrogens is 1. The molecule has 0 saturated carbocycles. The van der Waals surface area contributed by atoms with Crippen LogP contribution in [0.1, 0.15) is 35.8 Å². The number of benzene rings is 3. The minimum atomic E-state index is -1.59. The van der Waals surface area contributed by atoms with Crippen LogP contribution in [0.25, 0.3) is 10.8 Å². The third-order valence-electron chi connectivity index (χ3n) is 6.48. The number of halogens is 1. The number of nitrogens with one attached hydrogen (secondary N) is 3. The molecule has 1 heterocycles. The fourth-order valence-corrected chi connectivity index (χ4v) is 4.55. The third-order valence-corrected chi connectivity index (χ3v) is 7.01. The third kappa shape index (κ3) is 6.65. The van der Waals surface area contributed by atoms with Crippen LogP contribution >= 0.6 is 15.9 Å². The minimum absolute atomic E-state index is 0.408. The number of hydrogen-bond donors (Lipinski definition) is 5. The Hall–Kier alpha value is -4.15. The van der Waals surface area contributed by atoms with Gasteiger partial charge in [-0.25, -0.2) is 4.98 Å². The van der Waals surface area contributed by atoms with Crippen molar-refractivity contribution in [3.05, 3.63) is 94.6 Å². The molecular formula is C29H31BrN6O3. The van der Waals surface area contributed by atoms with Crippen molar-refractivity contribution < 1.29 is 14.7 Å². The first-order valence-electron chi connectivity index (χ1n) is 12.6. The summed E-state index contributed by atoms with van der Waals surface area (Å²) in [6.07, 6.45) is 0.0183. The molecule has 0 saturated heterocycles. The fourth-order valence-electron chi connectivity index (χ4n) is 4.29. The van der Waals surface area contributed by atoms with E-state index in [4.69, 9.17) is 5.73 Å². The van der Waals surface area contributed by atoms with E-state index in [1.807, 2.05) is 12.1 Å². The maximum atomic E-state index is 13.2. The number of anilines is 3. The van der Waals surface area contributed by atoms with Gasteiger partial charge in [0.05, 0.1) is 11.7 Å². The van der Waals surface area contributed by atoms with Gasteiger partial charge in [-0.2, -0.15) is 0 Å². The van der Waals surface area contributed by atoms with Gasteiger partial charge >= 0.3 is 0 Å². The Bertz CT molecular complexity index is 1440. The lowest BCUT2D eigenvalue weighted by Gasteiger charge is -2.25. The van der Waals surface area contributed by atoms with Crippen molar-refractivity contribution >= 4 is 55.7 Å². The molecule has 2 atom stereocenters. The highest BCUT2D eigenvalue weighted by Gasteiger charge is 2.29. The van der Waals surface area contributed by atoms with Crippen molar-refractivity contribution in [2.75, 3.05) is 29.1 Å². The van der Waals surface area contributed by atoms with Crippen molar-refractivity contribution in [3.63, 3.8) is 0 Å². The molecule has 6 N–H and O–H groups in total. The van der Waals surface area contributed by atoms with Crippen LogP contribution in [-0.2, 0) is 4.79 Å². The molecule has 1 aromatic heterocycles. The largest absolute Gasteiger partial charge is 0.383 e. The summed E-state index contributed by atoms with van der Waals surface area (Å²) in [5.74, 6) is -0.710. The highest BCUT2D eigenvalue weighted by Crippen LogP contribution is 2.24. The van der Waals surface area contributed by atoms with E-state index in [9.17, 15) is 14.7 Å². The SMILES string of the molecule is CCN(CC)c1ccc(C(=O)NC(c2ccc(Br)cc2)C(O)C(=O)NNc2ccc3c(N)nccc3c2)cc1. The standard InChI is InChI=1S/C29H31BrN6O3/c1-3-36(4-2)23-12-7-19(8-13-23)28(38)33-25(18-5-9-21(30)10-6-18)26(37)29(39)35-34-22-11-14-24-20(17-22)15-16-32-27(24)31/h5-17,25-26,34,37H,3-4H2,1-2H3,(H2,31,32)(H,33,38)(H,35,39). The summed E-state index contributed by atoms with van der Waals surface area (Å²) < 4.78 is 0.830. The summed E-state index contributed by atoms with van der Waals surface area (Å²) in [4.78, 5) is 32.4. The smallest absolute Gasteiger partial charge is 0.269 e. The van der Waals surface area contributed by atoms with E-state index < -0.39 is 24.0 Å². The quantitative estimate of drug-likeness (QED) is 0.173. The molecule has 0 aliphatic heterocycles. The summed E-state index contributed by atoms with van der Waals surface area (Å²) in [5, 5.41) is 15.5. The van der Waals surface area contributed by atoms with E-state index in [1.54, 1.807) is 66.9 Å². The van der Waals surface area contributed by atoms with Gasteiger partial charge < -0.3 is 21.1 Å². The van der Waals surface area contributed by atoms with E-state index in [0.717, 1.165) is 34.0 Å². The van der Waals surface area contributed by atoms with Crippen LogP contribution in [0.4, 0.5) is 17.2 Å². The predicted octanol–water partition coefficient (Wildman–Crippen LogP) is 4.40. The number of nitrogens with two attached hydrogens (primary N) is 1. The summed E-state index contributed by atoms with van der Waals surface area (Å²) in [7, 11) is 0. The molecule has 3 aromatic carbocycles. The monoisotopic (exact) mass is 590 g/mol. The second kappa shape index (κ2) is 12.6. The molecule has 10 heteroatoms. The first-order chi connectivity index (χ1) is 18.8. The normalized spacial score (nSPS) is 12.4. The molecule has 0 spiro atoms. The number of hydrazine groups is 1. The van der Waals surface area contributed by atoms with Crippen molar-refractivity contribution in [2.45, 2.75) is 26.0 Å². The Morgan fingerprint density at radius 1 is 1.00 bits per heavy atom. The van der Waals surface area contributed by atoms with Gasteiger partial charge in [-0.3, -0.25) is 20.4 Å². The lowest BCUT2D eigenvalue weighted by Crippen LogP contribution is -2.46. The molecule has 0 radical (unpaired) electrons. The van der Waals surface area contributed by atoms with Gasteiger partial charge in [0, 0.05) is 40.4 Å². The van der Waals surface area contributed by atoms with Crippen molar-refractivity contribution in [3.8, 4) is 0 Å². The van der Waals surface area contributed by atoms with E-state index in [-0.39, 0.29) is 0 Å². The topological polar surface area (TPSA) is 133 Å². The van der Waals surface area contributed by atoms with E-state index in [2.05, 4.69) is 55.8 Å². The van der Waals surface area contributed by atoms with Gasteiger partial charge in [0.2, 0.25) is 0 Å². The molecule has 4 rings (SSSR count). The second-order valence-electron chi connectivity index (χ2n) is 8.91. The van der Waals surface area contributed by atoms with Crippen LogP contribution in [0.3, 0.4) is 0 Å². The van der Waals surface area contributed by atoms with E-state index in [1.165, 1.54) is 0 Å². The number of rotatable bonds is 10. The molecule has 0 bridgehead atoms. The molecular weight excluding hydrogens is 560 g/mol. The number of hydrogen-bond acceptors (Lipinski definition) is 7. The number of carbonyl (C=O) groups excluding carboxylic acids is 2. The molecule has 4 aromatic rings. The van der Waals surface area contributed by atoms with Gasteiger partial charge in [-0.1, -0.05) is 28.1 Å². The fraction of sp³-hybridized carbons (Fsp3) is 0.207. The Balaban J connectivity index is 1.50. The molecule has 202 valence electrons. The van der Waals surface area contributed by atoms with E-state index >= 15 is 0 Å². The lowest BCUT2D eigenvalue weighted by molar-refractivity contribution is -0.130. The van der Waals surface area contributed by atoms with Gasteiger partial charge in [0.1, 0.15) is 5.82 Å². The van der Waals surface area contributed by atoms with Gasteiger partial charge in [-0.15, -0.1) is 0 Å². The molecule has 0 aliphatic rings. The number of amides is 2. The molecule has 39 heavy (non-hydrogen) atoms. The van der Waals surface area contributed by atoms with Crippen LogP contribution < -0.4 is 26.8 Å². The lowest BCUT2D eigenvalue weighted by atomic mass is 10.00. The summed E-state index contributed by atoms with van der Waals surface area (Å²) in [6.45, 7) is 5.85.